The summed E-state index contributed by atoms with van der Waals surface area (Å²) in [5.74, 6) is 0.437. The first-order chi connectivity index (χ1) is 20.0. The van der Waals surface area contributed by atoms with Crippen LogP contribution in [0.15, 0.2) is 42.6 Å². The number of rotatable bonds is 6. The standard InChI is InChI=1S/C26H34F3N5O2/c1-19-16-33(24-15-30-23(14-31-24)26(27,28)29)17-20(2)34(19)25(35)36-13-10-21-8-11-32(12-9-21)18-22-6-4-3-5-7-22/h3-7,14-15,19-21H,8-13,16-18H2,1-2H3/t19-,20-/m1/s1/i3D,4D,5D,6D,7D,18D2. The molecule has 2 aliphatic rings. The van der Waals surface area contributed by atoms with Crippen molar-refractivity contribution in [2.45, 2.75) is 57.9 Å². The van der Waals surface area contributed by atoms with Crippen LogP contribution in [0.4, 0.5) is 23.8 Å². The maximum Gasteiger partial charge on any atom is 0.434 e. The monoisotopic (exact) mass is 512 g/mol. The van der Waals surface area contributed by atoms with Gasteiger partial charge in [0.1, 0.15) is 5.82 Å². The molecule has 1 aromatic heterocycles. The van der Waals surface area contributed by atoms with Gasteiger partial charge < -0.3 is 9.64 Å². The normalized spacial score (nSPS) is 25.2. The van der Waals surface area contributed by atoms with E-state index in [0.717, 1.165) is 6.20 Å². The number of nitrogens with zero attached hydrogens (tertiary/aromatic N) is 5. The maximum absolute atomic E-state index is 12.9. The molecule has 2 saturated heterocycles. The molecule has 0 unspecified atom stereocenters. The molecule has 0 saturated carbocycles. The molecule has 0 spiro atoms. The van der Waals surface area contributed by atoms with E-state index in [1.165, 1.54) is 4.90 Å². The number of piperidine rings is 1. The summed E-state index contributed by atoms with van der Waals surface area (Å²) in [6, 6.07) is -3.42. The van der Waals surface area contributed by atoms with E-state index in [4.69, 9.17) is 14.3 Å². The van der Waals surface area contributed by atoms with Gasteiger partial charge in [0.05, 0.1) is 37.9 Å². The van der Waals surface area contributed by atoms with Gasteiger partial charge in [0, 0.05) is 22.3 Å². The summed E-state index contributed by atoms with van der Waals surface area (Å²) in [6.45, 7) is 2.82. The highest BCUT2D eigenvalue weighted by Gasteiger charge is 2.36. The lowest BCUT2D eigenvalue weighted by molar-refractivity contribution is -0.141. The van der Waals surface area contributed by atoms with Crippen LogP contribution in [0.5, 0.6) is 0 Å². The number of halogens is 3. The summed E-state index contributed by atoms with van der Waals surface area (Å²) >= 11 is 0. The molecule has 2 aliphatic heterocycles. The van der Waals surface area contributed by atoms with Crippen LogP contribution in [0.1, 0.15) is 54.0 Å². The Labute approximate surface area is 220 Å². The topological polar surface area (TPSA) is 61.8 Å². The van der Waals surface area contributed by atoms with Crippen LogP contribution < -0.4 is 4.90 Å². The van der Waals surface area contributed by atoms with Crippen LogP contribution >= 0.6 is 0 Å². The van der Waals surface area contributed by atoms with Crippen molar-refractivity contribution in [3.8, 4) is 0 Å². The SMILES string of the molecule is [2H]c1c([2H])c([2H])c(C([2H])([2H])N2CCC(CCOC(=O)N3[C@H](C)CN(c4cnc(C(F)(F)F)cn4)C[C@H]3C)CC2)c([2H])c1[2H]. The van der Waals surface area contributed by atoms with Gasteiger partial charge in [-0.2, -0.15) is 13.2 Å². The lowest BCUT2D eigenvalue weighted by Crippen LogP contribution is -2.59. The molecule has 3 heterocycles. The molecule has 10 heteroatoms. The highest BCUT2D eigenvalue weighted by atomic mass is 19.4. The number of carbonyl (C=O) groups is 1. The lowest BCUT2D eigenvalue weighted by Gasteiger charge is -2.44. The van der Waals surface area contributed by atoms with Gasteiger partial charge in [-0.15, -0.1) is 0 Å². The minimum absolute atomic E-state index is 0.143. The number of alkyl halides is 3. The number of hydrogen-bond donors (Lipinski definition) is 0. The van der Waals surface area contributed by atoms with Gasteiger partial charge in [-0.1, -0.05) is 30.2 Å². The van der Waals surface area contributed by atoms with E-state index >= 15 is 0 Å². The van der Waals surface area contributed by atoms with E-state index in [-0.39, 0.29) is 30.2 Å². The van der Waals surface area contributed by atoms with E-state index in [1.807, 2.05) is 13.8 Å². The Kier molecular flexibility index (Phi) is 5.85. The Hall–Kier alpha value is -2.88. The number of hydrogen-bond acceptors (Lipinski definition) is 6. The van der Waals surface area contributed by atoms with Crippen molar-refractivity contribution in [1.82, 2.24) is 19.8 Å². The summed E-state index contributed by atoms with van der Waals surface area (Å²) in [6.07, 6.45) is -1.58. The van der Waals surface area contributed by atoms with Crippen LogP contribution in [-0.2, 0) is 17.4 Å². The van der Waals surface area contributed by atoms with Gasteiger partial charge in [0.25, 0.3) is 0 Å². The summed E-state index contributed by atoms with van der Waals surface area (Å²) in [4.78, 5) is 25.2. The van der Waals surface area contributed by atoms with Crippen LogP contribution in [0.2, 0.25) is 0 Å². The van der Waals surface area contributed by atoms with Crippen molar-refractivity contribution in [2.75, 3.05) is 37.7 Å². The number of aromatic nitrogens is 2. The van der Waals surface area contributed by atoms with Gasteiger partial charge in [0.15, 0.2) is 5.69 Å². The Bertz CT molecular complexity index is 1290. The zero-order valence-corrected chi connectivity index (χ0v) is 20.2. The van der Waals surface area contributed by atoms with E-state index in [0.29, 0.717) is 57.5 Å². The van der Waals surface area contributed by atoms with Crippen molar-refractivity contribution in [3.63, 3.8) is 0 Å². The molecule has 0 radical (unpaired) electrons. The molecule has 2 aromatic rings. The zero-order chi connectivity index (χ0) is 31.9. The molecule has 1 aromatic carbocycles. The maximum atomic E-state index is 12.9. The number of carbonyl (C=O) groups excluding carboxylic acids is 1. The summed E-state index contributed by atoms with van der Waals surface area (Å²) in [5, 5.41) is 0. The Morgan fingerprint density at radius 1 is 1.11 bits per heavy atom. The smallest absolute Gasteiger partial charge is 0.434 e. The number of piperazine rings is 1. The van der Waals surface area contributed by atoms with Crippen molar-refractivity contribution < 1.29 is 32.3 Å². The Balaban J connectivity index is 1.27. The number of likely N-dealkylation sites (tertiary alicyclic amines) is 1. The van der Waals surface area contributed by atoms with Crippen LogP contribution in [-0.4, -0.2) is 70.7 Å². The van der Waals surface area contributed by atoms with Gasteiger partial charge in [-0.25, -0.2) is 14.8 Å². The van der Waals surface area contributed by atoms with E-state index in [9.17, 15) is 18.0 Å². The van der Waals surface area contributed by atoms with Crippen molar-refractivity contribution >= 4 is 11.9 Å². The third kappa shape index (κ3) is 6.66. The lowest BCUT2D eigenvalue weighted by atomic mass is 9.93. The average Bonchev–Trinajstić information content (AvgIpc) is 2.94. The van der Waals surface area contributed by atoms with Gasteiger partial charge in [-0.05, 0) is 57.7 Å². The first-order valence-corrected chi connectivity index (χ1v) is 12.0. The molecule has 2 atom stereocenters. The minimum atomic E-state index is -4.58. The molecule has 36 heavy (non-hydrogen) atoms. The summed E-state index contributed by atoms with van der Waals surface area (Å²) < 4.78 is 101. The molecule has 4 rings (SSSR count). The summed E-state index contributed by atoms with van der Waals surface area (Å²) in [7, 11) is 0. The Morgan fingerprint density at radius 3 is 2.36 bits per heavy atom. The zero-order valence-electron chi connectivity index (χ0n) is 27.2. The molecule has 196 valence electrons. The molecule has 0 N–H and O–H groups in total. The fourth-order valence-corrected chi connectivity index (χ4v) is 4.69. The van der Waals surface area contributed by atoms with Crippen molar-refractivity contribution in [2.24, 2.45) is 5.92 Å². The van der Waals surface area contributed by atoms with E-state index in [1.54, 1.807) is 9.80 Å². The molecular formula is C26H34F3N5O2. The fraction of sp³-hybridized carbons (Fsp3) is 0.577. The highest BCUT2D eigenvalue weighted by Crippen LogP contribution is 2.28. The highest BCUT2D eigenvalue weighted by molar-refractivity contribution is 5.69. The largest absolute Gasteiger partial charge is 0.449 e. The predicted octanol–water partition coefficient (Wildman–Crippen LogP) is 4.83. The number of ether oxygens (including phenoxy) is 1. The van der Waals surface area contributed by atoms with Crippen LogP contribution in [0.3, 0.4) is 0 Å². The number of anilines is 1. The molecule has 0 bridgehead atoms. The van der Waals surface area contributed by atoms with Gasteiger partial charge in [0.2, 0.25) is 0 Å². The number of benzene rings is 1. The summed E-state index contributed by atoms with van der Waals surface area (Å²) in [5.41, 5.74) is -1.45. The Morgan fingerprint density at radius 2 is 1.78 bits per heavy atom. The van der Waals surface area contributed by atoms with Gasteiger partial charge >= 0.3 is 12.3 Å². The molecule has 7 nitrogen and oxygen atoms in total. The first kappa shape index (κ1) is 18.4. The molecule has 1 amide bonds. The quantitative estimate of drug-likeness (QED) is 0.553. The second kappa shape index (κ2) is 11.5. The third-order valence-corrected chi connectivity index (χ3v) is 6.52. The second-order valence-electron chi connectivity index (χ2n) is 9.21. The van der Waals surface area contributed by atoms with Crippen LogP contribution in [0.25, 0.3) is 0 Å². The third-order valence-electron chi connectivity index (χ3n) is 6.52. The van der Waals surface area contributed by atoms with Gasteiger partial charge in [-0.3, -0.25) is 9.80 Å². The number of amides is 1. The van der Waals surface area contributed by atoms with E-state index in [2.05, 4.69) is 9.97 Å². The molecule has 2 fully saturated rings. The van der Waals surface area contributed by atoms with Crippen LogP contribution in [0, 0.1) is 5.92 Å². The predicted molar refractivity (Wildman–Crippen MR) is 130 cm³/mol. The fourth-order valence-electron chi connectivity index (χ4n) is 4.69. The second-order valence-corrected chi connectivity index (χ2v) is 9.21. The minimum Gasteiger partial charge on any atom is -0.449 e. The molecule has 0 aliphatic carbocycles. The molecular weight excluding hydrogens is 471 g/mol. The average molecular weight is 513 g/mol. The first-order valence-electron chi connectivity index (χ1n) is 15.5. The van der Waals surface area contributed by atoms with E-state index < -0.39 is 54.7 Å². The van der Waals surface area contributed by atoms with Crippen molar-refractivity contribution in [1.29, 1.82) is 0 Å². The van der Waals surface area contributed by atoms with Crippen molar-refractivity contribution in [3.05, 3.63) is 53.9 Å².